The van der Waals surface area contributed by atoms with Gasteiger partial charge in [-0.1, -0.05) is 23.2 Å². The van der Waals surface area contributed by atoms with Gasteiger partial charge in [0, 0.05) is 23.5 Å². The maximum Gasteiger partial charge on any atom is 0.0654 e. The lowest BCUT2D eigenvalue weighted by Gasteiger charge is -2.39. The Kier molecular flexibility index (Phi) is 2.22. The van der Waals surface area contributed by atoms with Gasteiger partial charge in [-0.05, 0) is 19.3 Å². The highest BCUT2D eigenvalue weighted by atomic mass is 35.5. The zero-order chi connectivity index (χ0) is 9.47. The maximum absolute atomic E-state index is 6.13. The van der Waals surface area contributed by atoms with Crippen molar-refractivity contribution in [2.45, 2.75) is 24.8 Å². The molecular formula is C9H10Cl2N2. The molecule has 0 aliphatic heterocycles. The van der Waals surface area contributed by atoms with Crippen LogP contribution in [0, 0.1) is 0 Å². The molecule has 1 aromatic rings. The van der Waals surface area contributed by atoms with Gasteiger partial charge in [0.25, 0.3) is 0 Å². The van der Waals surface area contributed by atoms with E-state index in [0.717, 1.165) is 24.8 Å². The van der Waals surface area contributed by atoms with Gasteiger partial charge in [-0.3, -0.25) is 4.98 Å². The molecule has 1 aliphatic carbocycles. The van der Waals surface area contributed by atoms with Crippen LogP contribution in [-0.4, -0.2) is 4.98 Å². The van der Waals surface area contributed by atoms with Crippen LogP contribution in [0.5, 0.6) is 0 Å². The van der Waals surface area contributed by atoms with E-state index < -0.39 is 0 Å². The fourth-order valence-electron chi connectivity index (χ4n) is 1.69. The van der Waals surface area contributed by atoms with E-state index in [-0.39, 0.29) is 5.54 Å². The molecule has 13 heavy (non-hydrogen) atoms. The van der Waals surface area contributed by atoms with Gasteiger partial charge >= 0.3 is 0 Å². The molecular weight excluding hydrogens is 207 g/mol. The minimum Gasteiger partial charge on any atom is -0.321 e. The van der Waals surface area contributed by atoms with Crippen molar-refractivity contribution in [2.75, 3.05) is 0 Å². The number of halogens is 2. The monoisotopic (exact) mass is 216 g/mol. The Morgan fingerprint density at radius 1 is 1.23 bits per heavy atom. The van der Waals surface area contributed by atoms with Crippen LogP contribution in [0.1, 0.15) is 24.8 Å². The summed E-state index contributed by atoms with van der Waals surface area (Å²) in [6.07, 6.45) is 6.24. The molecule has 1 heterocycles. The second-order valence-corrected chi connectivity index (χ2v) is 4.30. The molecule has 0 saturated heterocycles. The van der Waals surface area contributed by atoms with Gasteiger partial charge in [-0.2, -0.15) is 0 Å². The Morgan fingerprint density at radius 3 is 2.15 bits per heavy atom. The molecule has 4 heteroatoms. The first-order valence-corrected chi connectivity index (χ1v) is 4.97. The smallest absolute Gasteiger partial charge is 0.0654 e. The van der Waals surface area contributed by atoms with E-state index >= 15 is 0 Å². The van der Waals surface area contributed by atoms with E-state index in [9.17, 15) is 0 Å². The predicted molar refractivity (Wildman–Crippen MR) is 54.0 cm³/mol. The van der Waals surface area contributed by atoms with Crippen LogP contribution in [0.3, 0.4) is 0 Å². The summed E-state index contributed by atoms with van der Waals surface area (Å²) in [6.45, 7) is 0. The van der Waals surface area contributed by atoms with Crippen molar-refractivity contribution in [3.05, 3.63) is 28.0 Å². The van der Waals surface area contributed by atoms with E-state index in [4.69, 9.17) is 28.9 Å². The van der Waals surface area contributed by atoms with Gasteiger partial charge in [0.15, 0.2) is 0 Å². The minimum absolute atomic E-state index is 0.308. The third kappa shape index (κ3) is 1.43. The average Bonchev–Trinajstić information content (AvgIpc) is 2.01. The molecule has 0 aromatic carbocycles. The summed E-state index contributed by atoms with van der Waals surface area (Å²) < 4.78 is 0. The van der Waals surface area contributed by atoms with Gasteiger partial charge < -0.3 is 5.73 Å². The normalized spacial score (nSPS) is 19.6. The largest absolute Gasteiger partial charge is 0.321 e. The summed E-state index contributed by atoms with van der Waals surface area (Å²) in [7, 11) is 0. The zero-order valence-electron chi connectivity index (χ0n) is 7.06. The maximum atomic E-state index is 6.13. The number of rotatable bonds is 1. The van der Waals surface area contributed by atoms with Gasteiger partial charge in [-0.25, -0.2) is 0 Å². The number of pyridine rings is 1. The lowest BCUT2D eigenvalue weighted by atomic mass is 9.73. The second kappa shape index (κ2) is 3.12. The lowest BCUT2D eigenvalue weighted by molar-refractivity contribution is 0.253. The van der Waals surface area contributed by atoms with E-state index in [0.29, 0.717) is 10.0 Å². The molecule has 1 aliphatic rings. The predicted octanol–water partition coefficient (Wildman–Crippen LogP) is 2.73. The molecule has 1 fully saturated rings. The highest BCUT2D eigenvalue weighted by Gasteiger charge is 2.37. The number of nitrogens with zero attached hydrogens (tertiary/aromatic N) is 1. The van der Waals surface area contributed by atoms with Crippen LogP contribution in [0.15, 0.2) is 12.4 Å². The van der Waals surface area contributed by atoms with Crippen LogP contribution in [0.2, 0.25) is 10.0 Å². The first kappa shape index (κ1) is 9.25. The number of hydrogen-bond donors (Lipinski definition) is 1. The van der Waals surface area contributed by atoms with Crippen molar-refractivity contribution in [3.63, 3.8) is 0 Å². The van der Waals surface area contributed by atoms with Gasteiger partial charge in [0.1, 0.15) is 0 Å². The Labute approximate surface area is 87.1 Å². The van der Waals surface area contributed by atoms with Gasteiger partial charge in [-0.15, -0.1) is 0 Å². The van der Waals surface area contributed by atoms with Crippen molar-refractivity contribution in [2.24, 2.45) is 5.73 Å². The minimum atomic E-state index is -0.308. The van der Waals surface area contributed by atoms with Crippen molar-refractivity contribution < 1.29 is 0 Å². The van der Waals surface area contributed by atoms with Crippen LogP contribution in [0.4, 0.5) is 0 Å². The summed E-state index contributed by atoms with van der Waals surface area (Å²) >= 11 is 12.0. The second-order valence-electron chi connectivity index (χ2n) is 3.49. The van der Waals surface area contributed by atoms with Crippen molar-refractivity contribution in [3.8, 4) is 0 Å². The molecule has 2 nitrogen and oxygen atoms in total. The molecule has 2 rings (SSSR count). The zero-order valence-corrected chi connectivity index (χ0v) is 8.57. The average molecular weight is 217 g/mol. The Hall–Kier alpha value is -0.310. The topological polar surface area (TPSA) is 38.9 Å². The molecule has 0 bridgehead atoms. The van der Waals surface area contributed by atoms with E-state index in [2.05, 4.69) is 4.98 Å². The summed E-state index contributed by atoms with van der Waals surface area (Å²) in [5.41, 5.74) is 6.68. The summed E-state index contributed by atoms with van der Waals surface area (Å²) in [5, 5.41) is 1.16. The molecule has 2 N–H and O–H groups in total. The molecule has 0 spiro atoms. The van der Waals surface area contributed by atoms with Gasteiger partial charge in [0.2, 0.25) is 0 Å². The highest BCUT2D eigenvalue weighted by molar-refractivity contribution is 6.36. The van der Waals surface area contributed by atoms with Crippen molar-refractivity contribution in [1.29, 1.82) is 0 Å². The summed E-state index contributed by atoms with van der Waals surface area (Å²) in [5.74, 6) is 0. The molecule has 0 unspecified atom stereocenters. The third-order valence-corrected chi connectivity index (χ3v) is 3.17. The van der Waals surface area contributed by atoms with E-state index in [1.165, 1.54) is 0 Å². The van der Waals surface area contributed by atoms with E-state index in [1.807, 2.05) is 0 Å². The van der Waals surface area contributed by atoms with Crippen LogP contribution < -0.4 is 5.73 Å². The molecule has 70 valence electrons. The van der Waals surface area contributed by atoms with E-state index in [1.54, 1.807) is 12.4 Å². The molecule has 0 atom stereocenters. The Bertz CT molecular complexity index is 314. The number of hydrogen-bond acceptors (Lipinski definition) is 2. The highest BCUT2D eigenvalue weighted by Crippen LogP contribution is 2.44. The number of nitrogens with two attached hydrogens (primary N) is 1. The summed E-state index contributed by atoms with van der Waals surface area (Å²) in [6, 6.07) is 0. The Balaban J connectivity index is 2.49. The fraction of sp³-hybridized carbons (Fsp3) is 0.444. The molecule has 0 amide bonds. The first-order chi connectivity index (χ1) is 6.13. The van der Waals surface area contributed by atoms with Crippen molar-refractivity contribution >= 4 is 23.2 Å². The molecule has 0 radical (unpaired) electrons. The SMILES string of the molecule is NC1(c2c(Cl)cncc2Cl)CCC1. The Morgan fingerprint density at radius 2 is 1.77 bits per heavy atom. The van der Waals surface area contributed by atoms with Gasteiger partial charge in [0.05, 0.1) is 10.0 Å². The lowest BCUT2D eigenvalue weighted by Crippen LogP contribution is -2.43. The number of aromatic nitrogens is 1. The van der Waals surface area contributed by atoms with Crippen molar-refractivity contribution in [1.82, 2.24) is 4.98 Å². The quantitative estimate of drug-likeness (QED) is 0.785. The standard InChI is InChI=1S/C9H10Cl2N2/c10-6-4-13-5-7(11)8(6)9(12)2-1-3-9/h4-5H,1-3,12H2. The fourth-order valence-corrected chi connectivity index (χ4v) is 2.44. The molecule has 1 aromatic heterocycles. The van der Waals surface area contributed by atoms with Crippen LogP contribution >= 0.6 is 23.2 Å². The van der Waals surface area contributed by atoms with Crippen LogP contribution in [-0.2, 0) is 5.54 Å². The third-order valence-electron chi connectivity index (χ3n) is 2.60. The molecule has 1 saturated carbocycles. The van der Waals surface area contributed by atoms with Crippen LogP contribution in [0.25, 0.3) is 0 Å². The first-order valence-electron chi connectivity index (χ1n) is 4.22. The summed E-state index contributed by atoms with van der Waals surface area (Å²) in [4.78, 5) is 3.90.